The molecular formula is C27H29FN2O. The van der Waals surface area contributed by atoms with Gasteiger partial charge in [-0.15, -0.1) is 0 Å². The van der Waals surface area contributed by atoms with Gasteiger partial charge in [-0.1, -0.05) is 78.9 Å². The number of piperidine rings is 1. The second kappa shape index (κ2) is 10.4. The molecule has 160 valence electrons. The summed E-state index contributed by atoms with van der Waals surface area (Å²) in [4.78, 5) is 17.8. The third-order valence-corrected chi connectivity index (χ3v) is 5.95. The Kier molecular flexibility index (Phi) is 7.11. The summed E-state index contributed by atoms with van der Waals surface area (Å²) in [6.07, 6.45) is 1.84. The molecule has 1 amide bonds. The standard InChI is InChI=1S/C27H29FN2O/c28-26-16-8-7-14-24(26)20-29-17-9-15-25(21-29)27(31)30(18-22-10-3-1-4-11-22)19-23-12-5-2-6-13-23/h1-8,10-14,16,25H,9,15,17-21H2. The SMILES string of the molecule is O=C(C1CCCN(Cc2ccccc2F)C1)N(Cc1ccccc1)Cc1ccccc1. The lowest BCUT2D eigenvalue weighted by molar-refractivity contribution is -0.138. The van der Waals surface area contributed by atoms with Crippen molar-refractivity contribution in [3.05, 3.63) is 107 Å². The van der Waals surface area contributed by atoms with Crippen LogP contribution in [0.25, 0.3) is 0 Å². The average molecular weight is 417 g/mol. The largest absolute Gasteiger partial charge is 0.334 e. The molecule has 4 heteroatoms. The van der Waals surface area contributed by atoms with Gasteiger partial charge in [0.1, 0.15) is 5.82 Å². The molecule has 1 aliphatic rings. The van der Waals surface area contributed by atoms with Crippen LogP contribution in [0, 0.1) is 11.7 Å². The monoisotopic (exact) mass is 416 g/mol. The van der Waals surface area contributed by atoms with E-state index in [1.54, 1.807) is 6.07 Å². The summed E-state index contributed by atoms with van der Waals surface area (Å²) in [5.41, 5.74) is 2.96. The number of amides is 1. The number of halogens is 1. The first-order valence-corrected chi connectivity index (χ1v) is 11.0. The summed E-state index contributed by atoms with van der Waals surface area (Å²) in [7, 11) is 0. The summed E-state index contributed by atoms with van der Waals surface area (Å²) in [6.45, 7) is 3.31. The van der Waals surface area contributed by atoms with Gasteiger partial charge in [0.05, 0.1) is 5.92 Å². The van der Waals surface area contributed by atoms with Gasteiger partial charge in [0.2, 0.25) is 5.91 Å². The van der Waals surface area contributed by atoms with E-state index < -0.39 is 0 Å². The highest BCUT2D eigenvalue weighted by atomic mass is 19.1. The minimum Gasteiger partial charge on any atom is -0.334 e. The molecular weight excluding hydrogens is 387 g/mol. The van der Waals surface area contributed by atoms with Gasteiger partial charge in [0, 0.05) is 31.7 Å². The fourth-order valence-corrected chi connectivity index (χ4v) is 4.35. The van der Waals surface area contributed by atoms with Gasteiger partial charge in [-0.05, 0) is 36.6 Å². The van der Waals surface area contributed by atoms with Gasteiger partial charge in [0.15, 0.2) is 0 Å². The zero-order valence-electron chi connectivity index (χ0n) is 17.8. The molecule has 0 bridgehead atoms. The topological polar surface area (TPSA) is 23.6 Å². The maximum absolute atomic E-state index is 14.1. The van der Waals surface area contributed by atoms with Crippen LogP contribution in [0.2, 0.25) is 0 Å². The van der Waals surface area contributed by atoms with Crippen molar-refractivity contribution in [3.63, 3.8) is 0 Å². The van der Waals surface area contributed by atoms with Crippen LogP contribution in [0.3, 0.4) is 0 Å². The molecule has 31 heavy (non-hydrogen) atoms. The Morgan fingerprint density at radius 3 is 2.06 bits per heavy atom. The van der Waals surface area contributed by atoms with Gasteiger partial charge < -0.3 is 4.90 Å². The number of carbonyl (C=O) groups is 1. The molecule has 0 spiro atoms. The third kappa shape index (κ3) is 5.80. The highest BCUT2D eigenvalue weighted by Crippen LogP contribution is 2.23. The fourth-order valence-electron chi connectivity index (χ4n) is 4.35. The van der Waals surface area contributed by atoms with Gasteiger partial charge in [-0.2, -0.15) is 0 Å². The molecule has 0 N–H and O–H groups in total. The first-order valence-electron chi connectivity index (χ1n) is 11.0. The van der Waals surface area contributed by atoms with Crippen LogP contribution >= 0.6 is 0 Å². The molecule has 1 aliphatic heterocycles. The summed E-state index contributed by atoms with van der Waals surface area (Å²) in [5, 5.41) is 0. The Labute approximate surface area is 184 Å². The Balaban J connectivity index is 1.47. The maximum Gasteiger partial charge on any atom is 0.227 e. The fraction of sp³-hybridized carbons (Fsp3) is 0.296. The van der Waals surface area contributed by atoms with E-state index in [-0.39, 0.29) is 17.6 Å². The Morgan fingerprint density at radius 2 is 1.45 bits per heavy atom. The van der Waals surface area contributed by atoms with Crippen molar-refractivity contribution in [2.45, 2.75) is 32.5 Å². The van der Waals surface area contributed by atoms with Crippen molar-refractivity contribution in [2.75, 3.05) is 13.1 Å². The smallest absolute Gasteiger partial charge is 0.227 e. The van der Waals surface area contributed by atoms with Gasteiger partial charge >= 0.3 is 0 Å². The van der Waals surface area contributed by atoms with E-state index in [9.17, 15) is 9.18 Å². The molecule has 1 heterocycles. The molecule has 4 rings (SSSR count). The minimum absolute atomic E-state index is 0.0621. The average Bonchev–Trinajstić information content (AvgIpc) is 2.81. The molecule has 0 radical (unpaired) electrons. The van der Waals surface area contributed by atoms with E-state index in [2.05, 4.69) is 29.2 Å². The van der Waals surface area contributed by atoms with Crippen LogP contribution < -0.4 is 0 Å². The van der Waals surface area contributed by atoms with E-state index in [0.29, 0.717) is 31.7 Å². The maximum atomic E-state index is 14.1. The zero-order chi connectivity index (χ0) is 21.5. The summed E-state index contributed by atoms with van der Waals surface area (Å²) in [5.74, 6) is -0.0513. The molecule has 3 aromatic carbocycles. The van der Waals surface area contributed by atoms with Crippen LogP contribution in [0.5, 0.6) is 0 Å². The number of hydrogen-bond donors (Lipinski definition) is 0. The Morgan fingerprint density at radius 1 is 0.871 bits per heavy atom. The van der Waals surface area contributed by atoms with E-state index in [1.165, 1.54) is 6.07 Å². The van der Waals surface area contributed by atoms with Crippen LogP contribution in [-0.4, -0.2) is 28.8 Å². The van der Waals surface area contributed by atoms with Crippen molar-refractivity contribution < 1.29 is 9.18 Å². The summed E-state index contributed by atoms with van der Waals surface area (Å²) < 4.78 is 14.1. The van der Waals surface area contributed by atoms with Crippen LogP contribution in [-0.2, 0) is 24.4 Å². The van der Waals surface area contributed by atoms with Gasteiger partial charge in [-0.25, -0.2) is 4.39 Å². The van der Waals surface area contributed by atoms with E-state index in [0.717, 1.165) is 30.5 Å². The first kappa shape index (κ1) is 21.3. The van der Waals surface area contributed by atoms with Crippen LogP contribution in [0.4, 0.5) is 4.39 Å². The number of carbonyl (C=O) groups excluding carboxylic acids is 1. The van der Waals surface area contributed by atoms with Crippen molar-refractivity contribution in [2.24, 2.45) is 5.92 Å². The zero-order valence-corrected chi connectivity index (χ0v) is 17.8. The molecule has 0 saturated carbocycles. The van der Waals surface area contributed by atoms with Crippen molar-refractivity contribution >= 4 is 5.91 Å². The lowest BCUT2D eigenvalue weighted by Crippen LogP contribution is -2.44. The second-order valence-corrected chi connectivity index (χ2v) is 8.33. The van der Waals surface area contributed by atoms with E-state index >= 15 is 0 Å². The van der Waals surface area contributed by atoms with E-state index in [1.807, 2.05) is 53.4 Å². The predicted molar refractivity (Wildman–Crippen MR) is 122 cm³/mol. The van der Waals surface area contributed by atoms with Crippen LogP contribution in [0.15, 0.2) is 84.9 Å². The Hall–Kier alpha value is -2.98. The Bertz CT molecular complexity index is 935. The highest BCUT2D eigenvalue weighted by molar-refractivity contribution is 5.79. The number of likely N-dealkylation sites (tertiary alicyclic amines) is 1. The highest BCUT2D eigenvalue weighted by Gasteiger charge is 2.29. The lowest BCUT2D eigenvalue weighted by atomic mass is 9.95. The molecule has 3 aromatic rings. The summed E-state index contributed by atoms with van der Waals surface area (Å²) >= 11 is 0. The van der Waals surface area contributed by atoms with Crippen LogP contribution in [0.1, 0.15) is 29.5 Å². The molecule has 1 saturated heterocycles. The molecule has 3 nitrogen and oxygen atoms in total. The molecule has 0 aliphatic carbocycles. The lowest BCUT2D eigenvalue weighted by Gasteiger charge is -2.35. The van der Waals surface area contributed by atoms with Crippen molar-refractivity contribution in [1.82, 2.24) is 9.80 Å². The number of benzene rings is 3. The van der Waals surface area contributed by atoms with Gasteiger partial charge in [0.25, 0.3) is 0 Å². The minimum atomic E-state index is -0.175. The normalized spacial score (nSPS) is 16.7. The molecule has 1 fully saturated rings. The first-order chi connectivity index (χ1) is 15.2. The third-order valence-electron chi connectivity index (χ3n) is 5.95. The number of nitrogens with zero attached hydrogens (tertiary/aromatic N) is 2. The molecule has 0 aromatic heterocycles. The number of rotatable bonds is 7. The van der Waals surface area contributed by atoms with Crippen molar-refractivity contribution in [1.29, 1.82) is 0 Å². The quantitative estimate of drug-likeness (QED) is 0.524. The second-order valence-electron chi connectivity index (χ2n) is 8.33. The van der Waals surface area contributed by atoms with E-state index in [4.69, 9.17) is 0 Å². The summed E-state index contributed by atoms with van der Waals surface area (Å²) in [6, 6.07) is 27.2. The van der Waals surface area contributed by atoms with Crippen molar-refractivity contribution in [3.8, 4) is 0 Å². The molecule has 1 atom stereocenters. The predicted octanol–water partition coefficient (Wildman–Crippen LogP) is 5.27. The van der Waals surface area contributed by atoms with Gasteiger partial charge in [-0.3, -0.25) is 9.69 Å². The number of hydrogen-bond acceptors (Lipinski definition) is 2. The molecule has 1 unspecified atom stereocenters.